The Kier molecular flexibility index (Phi) is 6.91. The van der Waals surface area contributed by atoms with Crippen molar-refractivity contribution in [2.24, 2.45) is 0 Å². The van der Waals surface area contributed by atoms with Crippen LogP contribution in [0.3, 0.4) is 0 Å². The molecule has 1 saturated heterocycles. The van der Waals surface area contributed by atoms with Gasteiger partial charge in [0, 0.05) is 56.7 Å². The maximum absolute atomic E-state index is 12.3. The maximum atomic E-state index is 12.3. The van der Waals surface area contributed by atoms with Gasteiger partial charge in [-0.3, -0.25) is 9.69 Å². The highest BCUT2D eigenvalue weighted by atomic mass is 32.2. The number of benzene rings is 1. The number of amides is 1. The first-order valence-electron chi connectivity index (χ1n) is 9.15. The highest BCUT2D eigenvalue weighted by molar-refractivity contribution is 7.99. The number of nitrogens with one attached hydrogen (secondary N) is 1. The molecule has 0 atom stereocenters. The zero-order chi connectivity index (χ0) is 18.2. The Morgan fingerprint density at radius 2 is 1.92 bits per heavy atom. The summed E-state index contributed by atoms with van der Waals surface area (Å²) in [5.74, 6) is 0.931. The molecule has 1 fully saturated rings. The van der Waals surface area contributed by atoms with Crippen LogP contribution < -0.4 is 10.2 Å². The molecule has 5 nitrogen and oxygen atoms in total. The summed E-state index contributed by atoms with van der Waals surface area (Å²) in [7, 11) is 0. The molecule has 6 heteroatoms. The molecule has 1 aliphatic rings. The van der Waals surface area contributed by atoms with Crippen LogP contribution in [0, 0.1) is 0 Å². The number of anilines is 1. The van der Waals surface area contributed by atoms with Gasteiger partial charge in [-0.05, 0) is 30.0 Å². The lowest BCUT2D eigenvalue weighted by molar-refractivity contribution is 0.0947. The zero-order valence-corrected chi connectivity index (χ0v) is 16.0. The minimum absolute atomic E-state index is 0.0201. The molecule has 2 aromatic rings. The standard InChI is InChI=1S/C20H26N4OS/c1-2-26-19-16-17(8-9-21-19)20(25)22-10-11-23-12-14-24(15-13-23)18-6-4-3-5-7-18/h3-9,16H,2,10-15H2,1H3,(H,22,25). The van der Waals surface area contributed by atoms with Crippen LogP contribution in [-0.2, 0) is 0 Å². The predicted octanol–water partition coefficient (Wildman–Crippen LogP) is 2.75. The molecule has 0 radical (unpaired) electrons. The number of piperazine rings is 1. The first kappa shape index (κ1) is 18.7. The van der Waals surface area contributed by atoms with Gasteiger partial charge in [0.15, 0.2) is 0 Å². The Balaban J connectivity index is 1.40. The Morgan fingerprint density at radius 1 is 1.15 bits per heavy atom. The molecular weight excluding hydrogens is 344 g/mol. The number of hydrogen-bond donors (Lipinski definition) is 1. The second-order valence-electron chi connectivity index (χ2n) is 6.24. The second-order valence-corrected chi connectivity index (χ2v) is 7.52. The number of thioether (sulfide) groups is 1. The van der Waals surface area contributed by atoms with Crippen molar-refractivity contribution in [3.63, 3.8) is 0 Å². The second kappa shape index (κ2) is 9.59. The van der Waals surface area contributed by atoms with Gasteiger partial charge < -0.3 is 10.2 Å². The first-order chi connectivity index (χ1) is 12.8. The van der Waals surface area contributed by atoms with Crippen molar-refractivity contribution in [2.75, 3.05) is 49.9 Å². The summed E-state index contributed by atoms with van der Waals surface area (Å²) in [6.07, 6.45) is 1.70. The van der Waals surface area contributed by atoms with E-state index in [1.54, 1.807) is 24.0 Å². The van der Waals surface area contributed by atoms with Crippen LogP contribution in [0.2, 0.25) is 0 Å². The zero-order valence-electron chi connectivity index (χ0n) is 15.2. The fourth-order valence-electron chi connectivity index (χ4n) is 3.08. The molecule has 0 aliphatic carbocycles. The van der Waals surface area contributed by atoms with Gasteiger partial charge in [0.1, 0.15) is 0 Å². The molecule has 1 N–H and O–H groups in total. The summed E-state index contributed by atoms with van der Waals surface area (Å²) in [5, 5.41) is 3.93. The van der Waals surface area contributed by atoms with E-state index in [0.29, 0.717) is 12.1 Å². The molecule has 1 amide bonds. The fraction of sp³-hybridized carbons (Fsp3) is 0.400. The molecule has 138 valence electrons. The van der Waals surface area contributed by atoms with E-state index in [2.05, 4.69) is 57.4 Å². The maximum Gasteiger partial charge on any atom is 0.251 e. The molecule has 0 spiro atoms. The van der Waals surface area contributed by atoms with E-state index in [1.165, 1.54) is 5.69 Å². The molecule has 1 aromatic carbocycles. The molecule has 1 aromatic heterocycles. The van der Waals surface area contributed by atoms with E-state index in [9.17, 15) is 4.79 Å². The predicted molar refractivity (Wildman–Crippen MR) is 108 cm³/mol. The van der Waals surface area contributed by atoms with Gasteiger partial charge in [-0.15, -0.1) is 11.8 Å². The summed E-state index contributed by atoms with van der Waals surface area (Å²) >= 11 is 1.65. The van der Waals surface area contributed by atoms with Crippen LogP contribution in [0.1, 0.15) is 17.3 Å². The monoisotopic (exact) mass is 370 g/mol. The smallest absolute Gasteiger partial charge is 0.251 e. The lowest BCUT2D eigenvalue weighted by atomic mass is 10.2. The van der Waals surface area contributed by atoms with E-state index < -0.39 is 0 Å². The van der Waals surface area contributed by atoms with E-state index in [4.69, 9.17) is 0 Å². The van der Waals surface area contributed by atoms with Crippen LogP contribution in [0.5, 0.6) is 0 Å². The number of carbonyl (C=O) groups excluding carboxylic acids is 1. The molecule has 2 heterocycles. The van der Waals surface area contributed by atoms with Gasteiger partial charge in [0.25, 0.3) is 5.91 Å². The number of nitrogens with zero attached hydrogens (tertiary/aromatic N) is 3. The number of rotatable bonds is 7. The SMILES string of the molecule is CCSc1cc(C(=O)NCCN2CCN(c3ccccc3)CC2)ccn1. The van der Waals surface area contributed by atoms with Gasteiger partial charge in [0.2, 0.25) is 0 Å². The van der Waals surface area contributed by atoms with Crippen molar-refractivity contribution in [1.29, 1.82) is 0 Å². The fourth-order valence-corrected chi connectivity index (χ4v) is 3.72. The van der Waals surface area contributed by atoms with Crippen LogP contribution in [-0.4, -0.2) is 60.8 Å². The van der Waals surface area contributed by atoms with Crippen molar-refractivity contribution < 1.29 is 4.79 Å². The molecule has 1 aliphatic heterocycles. The summed E-state index contributed by atoms with van der Waals surface area (Å²) in [4.78, 5) is 21.4. The van der Waals surface area contributed by atoms with Gasteiger partial charge >= 0.3 is 0 Å². The highest BCUT2D eigenvalue weighted by Crippen LogP contribution is 2.16. The number of carbonyl (C=O) groups is 1. The van der Waals surface area contributed by atoms with Gasteiger partial charge in [-0.25, -0.2) is 4.98 Å². The molecule has 0 unspecified atom stereocenters. The van der Waals surface area contributed by atoms with Crippen molar-refractivity contribution >= 4 is 23.4 Å². The highest BCUT2D eigenvalue weighted by Gasteiger charge is 2.17. The summed E-state index contributed by atoms with van der Waals surface area (Å²) in [6, 6.07) is 14.2. The molecular formula is C20H26N4OS. The lowest BCUT2D eigenvalue weighted by Gasteiger charge is -2.36. The summed E-state index contributed by atoms with van der Waals surface area (Å²) < 4.78 is 0. The lowest BCUT2D eigenvalue weighted by Crippen LogP contribution is -2.48. The Labute approximate surface area is 159 Å². The number of para-hydroxylation sites is 1. The third-order valence-corrected chi connectivity index (χ3v) is 5.30. The van der Waals surface area contributed by atoms with Crippen LogP contribution in [0.15, 0.2) is 53.7 Å². The van der Waals surface area contributed by atoms with Crippen molar-refractivity contribution in [3.8, 4) is 0 Å². The minimum Gasteiger partial charge on any atom is -0.369 e. The van der Waals surface area contributed by atoms with Gasteiger partial charge in [-0.1, -0.05) is 25.1 Å². The Bertz CT molecular complexity index is 702. The van der Waals surface area contributed by atoms with E-state index in [-0.39, 0.29) is 5.91 Å². The summed E-state index contributed by atoms with van der Waals surface area (Å²) in [6.45, 7) is 7.74. The van der Waals surface area contributed by atoms with Crippen LogP contribution in [0.4, 0.5) is 5.69 Å². The van der Waals surface area contributed by atoms with E-state index in [0.717, 1.165) is 43.5 Å². The van der Waals surface area contributed by atoms with E-state index >= 15 is 0 Å². The number of aromatic nitrogens is 1. The van der Waals surface area contributed by atoms with Crippen molar-refractivity contribution in [3.05, 3.63) is 54.2 Å². The first-order valence-corrected chi connectivity index (χ1v) is 10.1. The third kappa shape index (κ3) is 5.22. The van der Waals surface area contributed by atoms with Crippen LogP contribution >= 0.6 is 11.8 Å². The number of hydrogen-bond acceptors (Lipinski definition) is 5. The average Bonchev–Trinajstić information content (AvgIpc) is 2.70. The quantitative estimate of drug-likeness (QED) is 0.760. The van der Waals surface area contributed by atoms with E-state index in [1.807, 2.05) is 6.07 Å². The van der Waals surface area contributed by atoms with Crippen molar-refractivity contribution in [1.82, 2.24) is 15.2 Å². The third-order valence-electron chi connectivity index (χ3n) is 4.50. The Morgan fingerprint density at radius 3 is 2.65 bits per heavy atom. The average molecular weight is 371 g/mol. The Hall–Kier alpha value is -2.05. The molecule has 3 rings (SSSR count). The summed E-state index contributed by atoms with van der Waals surface area (Å²) in [5.41, 5.74) is 1.98. The number of pyridine rings is 1. The largest absolute Gasteiger partial charge is 0.369 e. The van der Waals surface area contributed by atoms with Crippen LogP contribution in [0.25, 0.3) is 0 Å². The molecule has 0 bridgehead atoms. The van der Waals surface area contributed by atoms with Crippen molar-refractivity contribution in [2.45, 2.75) is 11.9 Å². The van der Waals surface area contributed by atoms with Gasteiger partial charge in [0.05, 0.1) is 5.03 Å². The topological polar surface area (TPSA) is 48.5 Å². The molecule has 26 heavy (non-hydrogen) atoms. The molecule has 0 saturated carbocycles. The van der Waals surface area contributed by atoms with Gasteiger partial charge in [-0.2, -0.15) is 0 Å². The minimum atomic E-state index is -0.0201. The normalized spacial score (nSPS) is 15.0.